The summed E-state index contributed by atoms with van der Waals surface area (Å²) in [6, 6.07) is -0.565. The van der Waals surface area contributed by atoms with Gasteiger partial charge in [0, 0.05) is 13.1 Å². The first-order chi connectivity index (χ1) is 8.25. The van der Waals surface area contributed by atoms with Crippen LogP contribution in [0.1, 0.15) is 13.8 Å². The van der Waals surface area contributed by atoms with Crippen LogP contribution in [-0.4, -0.2) is 49.8 Å². The number of carbonyl (C=O) groups excluding carboxylic acids is 1. The van der Waals surface area contributed by atoms with E-state index in [1.165, 1.54) is 13.8 Å². The zero-order chi connectivity index (χ0) is 14.2. The molecule has 0 aliphatic rings. The Bertz CT molecular complexity index is 285. The van der Waals surface area contributed by atoms with Crippen molar-refractivity contribution in [1.82, 2.24) is 10.6 Å². The Balaban J connectivity index is 3.64. The van der Waals surface area contributed by atoms with Crippen molar-refractivity contribution in [2.24, 2.45) is 5.41 Å². The number of nitrogens with one attached hydrogen (secondary N) is 2. The Kier molecular flexibility index (Phi) is 7.18. The van der Waals surface area contributed by atoms with Gasteiger partial charge in [-0.3, -0.25) is 4.79 Å². The molecule has 0 atom stereocenters. The van der Waals surface area contributed by atoms with Gasteiger partial charge in [0.15, 0.2) is 0 Å². The molecule has 106 valence electrons. The molecule has 0 bridgehead atoms. The van der Waals surface area contributed by atoms with Crippen LogP contribution in [0.4, 0.5) is 13.6 Å². The number of carboxylic acids is 1. The normalized spacial score (nSPS) is 11.4. The van der Waals surface area contributed by atoms with Gasteiger partial charge in [0.25, 0.3) is 6.43 Å². The van der Waals surface area contributed by atoms with Crippen molar-refractivity contribution in [2.75, 3.05) is 26.3 Å². The standard InChI is InChI=1S/C10H18F2N2O4/c1-10(2,8(15)16)6-14-9(17)13-3-4-18-5-7(11)12/h7H,3-6H2,1-2H3,(H,15,16)(H2,13,14,17). The van der Waals surface area contributed by atoms with Crippen LogP contribution in [0.5, 0.6) is 0 Å². The molecule has 3 N–H and O–H groups in total. The molecule has 0 unspecified atom stereocenters. The monoisotopic (exact) mass is 268 g/mol. The Hall–Kier alpha value is -1.44. The predicted octanol–water partition coefficient (Wildman–Crippen LogP) is 0.678. The fourth-order valence-corrected chi connectivity index (χ4v) is 0.849. The molecule has 6 nitrogen and oxygen atoms in total. The van der Waals surface area contributed by atoms with Crippen LogP contribution in [0.2, 0.25) is 0 Å². The van der Waals surface area contributed by atoms with E-state index in [0.29, 0.717) is 0 Å². The summed E-state index contributed by atoms with van der Waals surface area (Å²) in [7, 11) is 0. The summed E-state index contributed by atoms with van der Waals surface area (Å²) in [5.41, 5.74) is -1.07. The maximum Gasteiger partial charge on any atom is 0.314 e. The number of carbonyl (C=O) groups is 2. The van der Waals surface area contributed by atoms with E-state index < -0.39 is 30.4 Å². The molecule has 18 heavy (non-hydrogen) atoms. The minimum absolute atomic E-state index is 0.0277. The smallest absolute Gasteiger partial charge is 0.314 e. The molecule has 8 heteroatoms. The fraction of sp³-hybridized carbons (Fsp3) is 0.800. The van der Waals surface area contributed by atoms with Gasteiger partial charge in [0.1, 0.15) is 6.61 Å². The van der Waals surface area contributed by atoms with Crippen molar-refractivity contribution >= 4 is 12.0 Å². The zero-order valence-corrected chi connectivity index (χ0v) is 10.3. The summed E-state index contributed by atoms with van der Waals surface area (Å²) in [6.45, 7) is 2.29. The minimum Gasteiger partial charge on any atom is -0.481 e. The first kappa shape index (κ1) is 16.6. The van der Waals surface area contributed by atoms with Crippen LogP contribution in [0.25, 0.3) is 0 Å². The number of aliphatic carboxylic acids is 1. The third-order valence-electron chi connectivity index (χ3n) is 2.05. The molecular formula is C10H18F2N2O4. The number of alkyl halides is 2. The molecule has 0 spiro atoms. The van der Waals surface area contributed by atoms with Crippen LogP contribution in [-0.2, 0) is 9.53 Å². The van der Waals surface area contributed by atoms with Gasteiger partial charge in [-0.05, 0) is 13.8 Å². The summed E-state index contributed by atoms with van der Waals surface area (Å²) < 4.78 is 27.9. The molecule has 0 aliphatic carbocycles. The van der Waals surface area contributed by atoms with Crippen molar-refractivity contribution in [2.45, 2.75) is 20.3 Å². The highest BCUT2D eigenvalue weighted by Gasteiger charge is 2.27. The van der Waals surface area contributed by atoms with Gasteiger partial charge in [0.2, 0.25) is 0 Å². The largest absolute Gasteiger partial charge is 0.481 e. The highest BCUT2D eigenvalue weighted by Crippen LogP contribution is 2.12. The van der Waals surface area contributed by atoms with Crippen LogP contribution in [0.15, 0.2) is 0 Å². The first-order valence-electron chi connectivity index (χ1n) is 5.36. The fourth-order valence-electron chi connectivity index (χ4n) is 0.849. The number of halogens is 2. The topological polar surface area (TPSA) is 87.7 Å². The Morgan fingerprint density at radius 1 is 1.33 bits per heavy atom. The van der Waals surface area contributed by atoms with E-state index in [-0.39, 0.29) is 19.7 Å². The summed E-state index contributed by atoms with van der Waals surface area (Å²) in [5, 5.41) is 13.5. The Morgan fingerprint density at radius 2 is 1.94 bits per heavy atom. The second-order valence-electron chi connectivity index (χ2n) is 4.26. The maximum atomic E-state index is 11.7. The predicted molar refractivity (Wildman–Crippen MR) is 59.6 cm³/mol. The van der Waals surface area contributed by atoms with Crippen LogP contribution >= 0.6 is 0 Å². The van der Waals surface area contributed by atoms with Gasteiger partial charge >= 0.3 is 12.0 Å². The highest BCUT2D eigenvalue weighted by atomic mass is 19.3. The van der Waals surface area contributed by atoms with E-state index in [0.717, 1.165) is 0 Å². The quantitative estimate of drug-likeness (QED) is 0.565. The minimum atomic E-state index is -2.53. The molecule has 0 aliphatic heterocycles. The number of rotatable bonds is 8. The SMILES string of the molecule is CC(C)(CNC(=O)NCCOCC(F)F)C(=O)O. The lowest BCUT2D eigenvalue weighted by Crippen LogP contribution is -2.44. The molecule has 0 heterocycles. The van der Waals surface area contributed by atoms with Crippen molar-refractivity contribution in [3.8, 4) is 0 Å². The van der Waals surface area contributed by atoms with Crippen LogP contribution in [0.3, 0.4) is 0 Å². The van der Waals surface area contributed by atoms with Crippen LogP contribution in [0, 0.1) is 5.41 Å². The highest BCUT2D eigenvalue weighted by molar-refractivity contribution is 5.77. The van der Waals surface area contributed by atoms with E-state index in [1.54, 1.807) is 0 Å². The maximum absolute atomic E-state index is 11.7. The summed E-state index contributed by atoms with van der Waals surface area (Å²) in [6.07, 6.45) is -2.53. The van der Waals surface area contributed by atoms with E-state index in [2.05, 4.69) is 15.4 Å². The van der Waals surface area contributed by atoms with E-state index >= 15 is 0 Å². The lowest BCUT2D eigenvalue weighted by Gasteiger charge is -2.19. The first-order valence-corrected chi connectivity index (χ1v) is 5.36. The van der Waals surface area contributed by atoms with E-state index in [4.69, 9.17) is 5.11 Å². The summed E-state index contributed by atoms with van der Waals surface area (Å²) >= 11 is 0. The molecule has 2 amide bonds. The molecule has 0 saturated carbocycles. The van der Waals surface area contributed by atoms with Crippen molar-refractivity contribution < 1.29 is 28.2 Å². The molecule has 0 fully saturated rings. The van der Waals surface area contributed by atoms with Gasteiger partial charge in [0.05, 0.1) is 12.0 Å². The van der Waals surface area contributed by atoms with Gasteiger partial charge in [-0.1, -0.05) is 0 Å². The second-order valence-corrected chi connectivity index (χ2v) is 4.26. The lowest BCUT2D eigenvalue weighted by molar-refractivity contribution is -0.146. The number of hydrogen-bond donors (Lipinski definition) is 3. The number of carboxylic acid groups (broad SMARTS) is 1. The average Bonchev–Trinajstić information content (AvgIpc) is 2.25. The summed E-state index contributed by atoms with van der Waals surface area (Å²) in [4.78, 5) is 21.9. The van der Waals surface area contributed by atoms with E-state index in [1.807, 2.05) is 0 Å². The average molecular weight is 268 g/mol. The number of ether oxygens (including phenoxy) is 1. The molecule has 0 saturated heterocycles. The molecule has 0 rings (SSSR count). The van der Waals surface area contributed by atoms with Gasteiger partial charge in [-0.25, -0.2) is 13.6 Å². The van der Waals surface area contributed by atoms with Crippen LogP contribution < -0.4 is 10.6 Å². The van der Waals surface area contributed by atoms with E-state index in [9.17, 15) is 18.4 Å². The van der Waals surface area contributed by atoms with Gasteiger partial charge < -0.3 is 20.5 Å². The van der Waals surface area contributed by atoms with Crippen molar-refractivity contribution in [3.05, 3.63) is 0 Å². The third-order valence-corrected chi connectivity index (χ3v) is 2.05. The second kappa shape index (κ2) is 7.80. The number of amides is 2. The molecular weight excluding hydrogens is 250 g/mol. The zero-order valence-electron chi connectivity index (χ0n) is 10.3. The van der Waals surface area contributed by atoms with Crippen molar-refractivity contribution in [1.29, 1.82) is 0 Å². The molecule has 0 aromatic rings. The van der Waals surface area contributed by atoms with Crippen molar-refractivity contribution in [3.63, 3.8) is 0 Å². The van der Waals surface area contributed by atoms with Gasteiger partial charge in [-0.15, -0.1) is 0 Å². The molecule has 0 aromatic carbocycles. The third kappa shape index (κ3) is 7.77. The Morgan fingerprint density at radius 3 is 2.44 bits per heavy atom. The Labute approximate surface area is 104 Å². The van der Waals surface area contributed by atoms with Gasteiger partial charge in [-0.2, -0.15) is 0 Å². The molecule has 0 aromatic heterocycles. The summed E-state index contributed by atoms with van der Waals surface area (Å²) in [5.74, 6) is -1.02. The number of urea groups is 1. The molecule has 0 radical (unpaired) electrons. The lowest BCUT2D eigenvalue weighted by atomic mass is 9.94. The number of hydrogen-bond acceptors (Lipinski definition) is 3.